The fourth-order valence-electron chi connectivity index (χ4n) is 7.69. The summed E-state index contributed by atoms with van der Waals surface area (Å²) in [5.41, 5.74) is 8.55. The fourth-order valence-corrected chi connectivity index (χ4v) is 7.69. The maximum Gasteiger partial charge on any atom is 0.140 e. The Morgan fingerprint density at radius 1 is 0.388 bits per heavy atom. The van der Waals surface area contributed by atoms with Crippen molar-refractivity contribution < 1.29 is 0 Å². The van der Waals surface area contributed by atoms with E-state index in [-0.39, 0.29) is 0 Å². The average molecular weight is 625 g/mol. The van der Waals surface area contributed by atoms with Crippen LogP contribution in [0.15, 0.2) is 146 Å². The SMILES string of the molecule is N#Cc1ccc2c(c1)c1ccccc1n2-c1cccc(-n2c3ccc(C#N)cc3c3c4c5ccccc5n(-c5ccccc5)c4ccc32)n1. The Hall–Kier alpha value is -7.15. The Morgan fingerprint density at radius 2 is 0.878 bits per heavy atom. The van der Waals surface area contributed by atoms with Crippen LogP contribution in [0, 0.1) is 22.7 Å². The van der Waals surface area contributed by atoms with Gasteiger partial charge in [-0.1, -0.05) is 60.7 Å². The van der Waals surface area contributed by atoms with Crippen LogP contribution >= 0.6 is 0 Å². The molecule has 0 aliphatic carbocycles. The molecule has 10 rings (SSSR count). The van der Waals surface area contributed by atoms with Crippen LogP contribution < -0.4 is 0 Å². The summed E-state index contributed by atoms with van der Waals surface area (Å²) in [6.45, 7) is 0. The van der Waals surface area contributed by atoms with Crippen molar-refractivity contribution in [1.29, 1.82) is 10.5 Å². The van der Waals surface area contributed by atoms with Gasteiger partial charge in [0.1, 0.15) is 11.6 Å². The topological polar surface area (TPSA) is 75.3 Å². The van der Waals surface area contributed by atoms with E-state index in [0.29, 0.717) is 11.1 Å². The molecule has 6 aromatic carbocycles. The van der Waals surface area contributed by atoms with Gasteiger partial charge in [0.2, 0.25) is 0 Å². The minimum Gasteiger partial charge on any atom is -0.309 e. The van der Waals surface area contributed by atoms with E-state index in [2.05, 4.69) is 98.6 Å². The van der Waals surface area contributed by atoms with Gasteiger partial charge in [0.25, 0.3) is 0 Å². The maximum absolute atomic E-state index is 9.99. The first-order valence-corrected chi connectivity index (χ1v) is 16.1. The number of para-hydroxylation sites is 3. The third kappa shape index (κ3) is 3.77. The van der Waals surface area contributed by atoms with Gasteiger partial charge in [0.15, 0.2) is 0 Å². The van der Waals surface area contributed by atoms with Crippen LogP contribution in [0.3, 0.4) is 0 Å². The molecule has 0 unspecified atom stereocenters. The standard InChI is InChI=1S/C43H24N6/c44-25-27-17-19-36-32(23-27)30-11-4-6-13-34(30)48(36)40-15-8-16-41(46-40)49-37-20-18-28(26-45)24-33(37)43-39(49)22-21-38-42(43)31-12-5-7-14-35(31)47(38)29-9-2-1-3-10-29/h1-24H. The van der Waals surface area contributed by atoms with Crippen LogP contribution in [0.25, 0.3) is 82.7 Å². The Morgan fingerprint density at radius 3 is 1.57 bits per heavy atom. The Kier molecular flexibility index (Phi) is 5.61. The quantitative estimate of drug-likeness (QED) is 0.196. The van der Waals surface area contributed by atoms with Crippen molar-refractivity contribution >= 4 is 65.4 Å². The minimum atomic E-state index is 0.610. The molecule has 0 fully saturated rings. The van der Waals surface area contributed by atoms with Gasteiger partial charge in [-0.2, -0.15) is 10.5 Å². The number of nitrogens with zero attached hydrogens (tertiary/aromatic N) is 6. The lowest BCUT2D eigenvalue weighted by atomic mass is 10.0. The molecular formula is C43H24N6. The number of hydrogen-bond donors (Lipinski definition) is 0. The number of fused-ring (bicyclic) bond motifs is 10. The van der Waals surface area contributed by atoms with Gasteiger partial charge in [0.05, 0.1) is 56.4 Å². The smallest absolute Gasteiger partial charge is 0.140 e. The fraction of sp³-hybridized carbons (Fsp3) is 0. The Labute approximate surface area is 280 Å². The molecule has 4 aromatic heterocycles. The summed E-state index contributed by atoms with van der Waals surface area (Å²) in [4.78, 5) is 5.33. The summed E-state index contributed by atoms with van der Waals surface area (Å²) < 4.78 is 6.70. The molecule has 0 aliphatic rings. The summed E-state index contributed by atoms with van der Waals surface area (Å²) in [6.07, 6.45) is 0. The summed E-state index contributed by atoms with van der Waals surface area (Å²) in [5, 5.41) is 26.1. The van der Waals surface area contributed by atoms with Gasteiger partial charge in [-0.15, -0.1) is 0 Å². The lowest BCUT2D eigenvalue weighted by Gasteiger charge is -2.12. The van der Waals surface area contributed by atoms with Crippen LogP contribution in [0.2, 0.25) is 0 Å². The second-order valence-corrected chi connectivity index (χ2v) is 12.3. The van der Waals surface area contributed by atoms with Gasteiger partial charge in [-0.3, -0.25) is 9.13 Å². The van der Waals surface area contributed by atoms with Crippen molar-refractivity contribution in [2.24, 2.45) is 0 Å². The third-order valence-corrected chi connectivity index (χ3v) is 9.69. The van der Waals surface area contributed by atoms with Crippen LogP contribution in [0.5, 0.6) is 0 Å². The van der Waals surface area contributed by atoms with E-state index < -0.39 is 0 Å². The number of nitriles is 2. The normalized spacial score (nSPS) is 11.6. The molecule has 0 N–H and O–H groups in total. The van der Waals surface area contributed by atoms with Gasteiger partial charge < -0.3 is 4.57 Å². The zero-order valence-corrected chi connectivity index (χ0v) is 26.0. The highest BCUT2D eigenvalue weighted by Crippen LogP contribution is 2.42. The number of aromatic nitrogens is 4. The maximum atomic E-state index is 9.99. The average Bonchev–Trinajstić information content (AvgIpc) is 3.80. The molecular weight excluding hydrogens is 601 g/mol. The molecule has 6 heteroatoms. The lowest BCUT2D eigenvalue weighted by Crippen LogP contribution is -2.03. The molecule has 226 valence electrons. The van der Waals surface area contributed by atoms with E-state index in [1.807, 2.05) is 72.8 Å². The largest absolute Gasteiger partial charge is 0.309 e. The molecule has 0 bridgehead atoms. The summed E-state index contributed by atoms with van der Waals surface area (Å²) in [5.74, 6) is 1.55. The third-order valence-electron chi connectivity index (χ3n) is 9.69. The number of hydrogen-bond acceptors (Lipinski definition) is 3. The van der Waals surface area contributed by atoms with E-state index in [0.717, 1.165) is 82.7 Å². The summed E-state index contributed by atoms with van der Waals surface area (Å²) in [7, 11) is 0. The van der Waals surface area contributed by atoms with Crippen molar-refractivity contribution in [3.05, 3.63) is 157 Å². The predicted molar refractivity (Wildman–Crippen MR) is 197 cm³/mol. The Bertz CT molecular complexity index is 3070. The first-order chi connectivity index (χ1) is 24.2. The number of pyridine rings is 1. The van der Waals surface area contributed by atoms with Crippen LogP contribution in [0.1, 0.15) is 11.1 Å². The highest BCUT2D eigenvalue weighted by atomic mass is 15.1. The van der Waals surface area contributed by atoms with Crippen molar-refractivity contribution in [3.8, 4) is 29.5 Å². The van der Waals surface area contributed by atoms with Crippen molar-refractivity contribution in [2.75, 3.05) is 0 Å². The van der Waals surface area contributed by atoms with Crippen LogP contribution in [0.4, 0.5) is 0 Å². The zero-order chi connectivity index (χ0) is 32.6. The minimum absolute atomic E-state index is 0.610. The van der Waals surface area contributed by atoms with Gasteiger partial charge in [-0.05, 0) is 84.9 Å². The zero-order valence-electron chi connectivity index (χ0n) is 26.0. The van der Waals surface area contributed by atoms with Gasteiger partial charge in [-0.25, -0.2) is 4.98 Å². The monoisotopic (exact) mass is 624 g/mol. The highest BCUT2D eigenvalue weighted by Gasteiger charge is 2.22. The first kappa shape index (κ1) is 27.0. The number of rotatable bonds is 3. The molecule has 0 atom stereocenters. The second-order valence-electron chi connectivity index (χ2n) is 12.3. The molecule has 6 nitrogen and oxygen atoms in total. The van der Waals surface area contributed by atoms with E-state index in [1.54, 1.807) is 0 Å². The molecule has 0 saturated heterocycles. The van der Waals surface area contributed by atoms with E-state index in [4.69, 9.17) is 4.98 Å². The van der Waals surface area contributed by atoms with Gasteiger partial charge in [0, 0.05) is 38.0 Å². The highest BCUT2D eigenvalue weighted by molar-refractivity contribution is 6.29. The molecule has 0 saturated carbocycles. The van der Waals surface area contributed by atoms with Gasteiger partial charge >= 0.3 is 0 Å². The van der Waals surface area contributed by atoms with E-state index >= 15 is 0 Å². The van der Waals surface area contributed by atoms with Crippen LogP contribution in [-0.2, 0) is 0 Å². The van der Waals surface area contributed by atoms with Crippen molar-refractivity contribution in [3.63, 3.8) is 0 Å². The first-order valence-electron chi connectivity index (χ1n) is 16.1. The summed E-state index contributed by atoms with van der Waals surface area (Å²) >= 11 is 0. The number of benzene rings is 6. The molecule has 0 spiro atoms. The summed E-state index contributed by atoms with van der Waals surface area (Å²) in [6, 6.07) is 54.1. The molecule has 0 amide bonds. The van der Waals surface area contributed by atoms with Crippen LogP contribution in [-0.4, -0.2) is 18.7 Å². The lowest BCUT2D eigenvalue weighted by molar-refractivity contribution is 1.01. The van der Waals surface area contributed by atoms with E-state index in [1.165, 1.54) is 0 Å². The van der Waals surface area contributed by atoms with Crippen molar-refractivity contribution in [2.45, 2.75) is 0 Å². The molecule has 4 heterocycles. The second kappa shape index (κ2) is 10.2. The Balaban J connectivity index is 1.30. The molecule has 0 radical (unpaired) electrons. The molecule has 0 aliphatic heterocycles. The molecule has 10 aromatic rings. The van der Waals surface area contributed by atoms with E-state index in [9.17, 15) is 10.5 Å². The predicted octanol–water partition coefficient (Wildman–Crippen LogP) is 10.1. The van der Waals surface area contributed by atoms with Crippen molar-refractivity contribution in [1.82, 2.24) is 18.7 Å². The molecule has 49 heavy (non-hydrogen) atoms.